The molecular weight excluding hydrogens is 292 g/mol. The van der Waals surface area contributed by atoms with Gasteiger partial charge in [0, 0.05) is 18.0 Å². The summed E-state index contributed by atoms with van der Waals surface area (Å²) < 4.78 is 11.3. The second-order valence-electron chi connectivity index (χ2n) is 4.96. The van der Waals surface area contributed by atoms with Crippen LogP contribution in [0.3, 0.4) is 0 Å². The van der Waals surface area contributed by atoms with Crippen molar-refractivity contribution < 1.29 is 9.47 Å². The highest BCUT2D eigenvalue weighted by Crippen LogP contribution is 2.31. The molecule has 1 atom stereocenters. The second kappa shape index (κ2) is 7.11. The molecule has 2 N–H and O–H groups in total. The van der Waals surface area contributed by atoms with E-state index in [1.54, 1.807) is 12.4 Å². The van der Waals surface area contributed by atoms with Crippen molar-refractivity contribution in [3.63, 3.8) is 0 Å². The van der Waals surface area contributed by atoms with E-state index in [0.29, 0.717) is 13.2 Å². The third kappa shape index (κ3) is 3.43. The molecule has 0 amide bonds. The van der Waals surface area contributed by atoms with Gasteiger partial charge in [-0.1, -0.05) is 6.07 Å². The van der Waals surface area contributed by atoms with Crippen molar-refractivity contribution in [3.05, 3.63) is 53.9 Å². The van der Waals surface area contributed by atoms with E-state index in [2.05, 4.69) is 20.8 Å². The van der Waals surface area contributed by atoms with Crippen LogP contribution in [-0.2, 0) is 0 Å². The number of nitrogens with zero attached hydrogens (tertiary/aromatic N) is 2. The highest BCUT2D eigenvalue weighted by atomic mass is 16.5. The van der Waals surface area contributed by atoms with Gasteiger partial charge < -0.3 is 14.9 Å². The maximum absolute atomic E-state index is 5.67. The van der Waals surface area contributed by atoms with E-state index in [4.69, 9.17) is 9.47 Å². The molecule has 6 heteroatoms. The van der Waals surface area contributed by atoms with Crippen molar-refractivity contribution in [1.29, 1.82) is 0 Å². The van der Waals surface area contributed by atoms with Gasteiger partial charge in [0.15, 0.2) is 11.5 Å². The van der Waals surface area contributed by atoms with Gasteiger partial charge in [-0.15, -0.1) is 0 Å². The Labute approximate surface area is 135 Å². The van der Waals surface area contributed by atoms with E-state index in [9.17, 15) is 0 Å². The van der Waals surface area contributed by atoms with Crippen LogP contribution in [0.4, 0.5) is 0 Å². The summed E-state index contributed by atoms with van der Waals surface area (Å²) in [7, 11) is 0. The van der Waals surface area contributed by atoms with E-state index >= 15 is 0 Å². The Bertz CT molecular complexity index is 688. The SMILES string of the molecule is CCOc1ccc(C2N=C(c3ccncc3)NN2)cc1OCC. The molecule has 0 fully saturated rings. The van der Waals surface area contributed by atoms with Crippen LogP contribution in [0.5, 0.6) is 11.5 Å². The fourth-order valence-electron chi connectivity index (χ4n) is 2.38. The molecule has 0 saturated carbocycles. The van der Waals surface area contributed by atoms with Gasteiger partial charge in [0.25, 0.3) is 0 Å². The van der Waals surface area contributed by atoms with Gasteiger partial charge in [0.1, 0.15) is 12.0 Å². The fraction of sp³-hybridized carbons (Fsp3) is 0.294. The van der Waals surface area contributed by atoms with E-state index in [0.717, 1.165) is 28.5 Å². The first kappa shape index (κ1) is 15.3. The van der Waals surface area contributed by atoms with Crippen LogP contribution in [0.15, 0.2) is 47.7 Å². The average Bonchev–Trinajstić information content (AvgIpc) is 3.08. The lowest BCUT2D eigenvalue weighted by Crippen LogP contribution is -2.31. The largest absolute Gasteiger partial charge is 0.490 e. The minimum Gasteiger partial charge on any atom is -0.490 e. The minimum atomic E-state index is -0.173. The summed E-state index contributed by atoms with van der Waals surface area (Å²) in [5, 5.41) is 0. The number of hydrogen-bond donors (Lipinski definition) is 2. The van der Waals surface area contributed by atoms with E-state index < -0.39 is 0 Å². The molecule has 1 aromatic carbocycles. The number of benzene rings is 1. The molecule has 0 radical (unpaired) electrons. The van der Waals surface area contributed by atoms with Crippen LogP contribution < -0.4 is 20.3 Å². The zero-order chi connectivity index (χ0) is 16.1. The van der Waals surface area contributed by atoms with Crippen LogP contribution >= 0.6 is 0 Å². The zero-order valence-electron chi connectivity index (χ0n) is 13.2. The fourth-order valence-corrected chi connectivity index (χ4v) is 2.38. The molecule has 1 unspecified atom stereocenters. The Morgan fingerprint density at radius 1 is 1.00 bits per heavy atom. The number of nitrogens with one attached hydrogen (secondary N) is 2. The normalized spacial score (nSPS) is 16.6. The molecule has 23 heavy (non-hydrogen) atoms. The Morgan fingerprint density at radius 2 is 1.74 bits per heavy atom. The van der Waals surface area contributed by atoms with Crippen LogP contribution in [0.25, 0.3) is 0 Å². The number of pyridine rings is 1. The molecule has 0 aliphatic carbocycles. The van der Waals surface area contributed by atoms with Gasteiger partial charge in [-0.25, -0.2) is 10.4 Å². The van der Waals surface area contributed by atoms with Crippen molar-refractivity contribution in [2.45, 2.75) is 20.0 Å². The smallest absolute Gasteiger partial charge is 0.161 e. The van der Waals surface area contributed by atoms with Crippen LogP contribution in [0, 0.1) is 0 Å². The lowest BCUT2D eigenvalue weighted by atomic mass is 10.1. The molecule has 1 aliphatic heterocycles. The molecule has 2 heterocycles. The highest BCUT2D eigenvalue weighted by molar-refractivity contribution is 5.99. The molecule has 1 aromatic heterocycles. The number of ether oxygens (including phenoxy) is 2. The molecule has 1 aliphatic rings. The van der Waals surface area contributed by atoms with E-state index in [-0.39, 0.29) is 6.17 Å². The number of amidine groups is 1. The molecule has 2 aromatic rings. The van der Waals surface area contributed by atoms with Crippen molar-refractivity contribution in [1.82, 2.24) is 15.8 Å². The van der Waals surface area contributed by atoms with Gasteiger partial charge in [-0.05, 0) is 43.7 Å². The predicted molar refractivity (Wildman–Crippen MR) is 88.6 cm³/mol. The van der Waals surface area contributed by atoms with Crippen molar-refractivity contribution >= 4 is 5.84 Å². The Morgan fingerprint density at radius 3 is 2.48 bits per heavy atom. The van der Waals surface area contributed by atoms with Gasteiger partial charge in [0.2, 0.25) is 0 Å². The maximum atomic E-state index is 5.67. The first-order valence-electron chi connectivity index (χ1n) is 7.71. The summed E-state index contributed by atoms with van der Waals surface area (Å²) in [6, 6.07) is 9.71. The third-order valence-electron chi connectivity index (χ3n) is 3.42. The molecule has 0 bridgehead atoms. The van der Waals surface area contributed by atoms with Crippen LogP contribution in [0.1, 0.15) is 31.1 Å². The standard InChI is InChI=1S/C17H20N4O2/c1-3-22-14-6-5-13(11-15(14)23-4-2)17-19-16(20-21-17)12-7-9-18-10-8-12/h5-11,17,21H,3-4H2,1-2H3,(H,19,20). The topological polar surface area (TPSA) is 67.8 Å². The summed E-state index contributed by atoms with van der Waals surface area (Å²) in [4.78, 5) is 8.70. The Balaban J connectivity index is 1.84. The quantitative estimate of drug-likeness (QED) is 0.857. The molecular formula is C17H20N4O2. The Kier molecular flexibility index (Phi) is 4.73. The predicted octanol–water partition coefficient (Wildman–Crippen LogP) is 2.43. The summed E-state index contributed by atoms with van der Waals surface area (Å²) in [5.74, 6) is 2.29. The Hall–Kier alpha value is -2.60. The maximum Gasteiger partial charge on any atom is 0.161 e. The molecule has 6 nitrogen and oxygen atoms in total. The molecule has 0 saturated heterocycles. The van der Waals surface area contributed by atoms with Crippen LogP contribution in [-0.4, -0.2) is 24.0 Å². The lowest BCUT2D eigenvalue weighted by molar-refractivity contribution is 0.287. The minimum absolute atomic E-state index is 0.173. The number of hydrazine groups is 1. The van der Waals surface area contributed by atoms with Crippen molar-refractivity contribution in [2.75, 3.05) is 13.2 Å². The summed E-state index contributed by atoms with van der Waals surface area (Å²) in [5.41, 5.74) is 8.28. The second-order valence-corrected chi connectivity index (χ2v) is 4.96. The molecule has 3 rings (SSSR count). The first-order valence-corrected chi connectivity index (χ1v) is 7.71. The van der Waals surface area contributed by atoms with Gasteiger partial charge >= 0.3 is 0 Å². The van der Waals surface area contributed by atoms with Gasteiger partial charge in [0.05, 0.1) is 13.2 Å². The first-order chi connectivity index (χ1) is 11.3. The average molecular weight is 312 g/mol. The third-order valence-corrected chi connectivity index (χ3v) is 3.42. The lowest BCUT2D eigenvalue weighted by Gasteiger charge is -2.14. The number of aliphatic imine (C=N–C) groups is 1. The van der Waals surface area contributed by atoms with Gasteiger partial charge in [-0.2, -0.15) is 0 Å². The van der Waals surface area contributed by atoms with E-state index in [1.807, 2.05) is 44.2 Å². The van der Waals surface area contributed by atoms with Crippen LogP contribution in [0.2, 0.25) is 0 Å². The summed E-state index contributed by atoms with van der Waals surface area (Å²) in [6.45, 7) is 5.10. The van der Waals surface area contributed by atoms with Crippen molar-refractivity contribution in [3.8, 4) is 11.5 Å². The highest BCUT2D eigenvalue weighted by Gasteiger charge is 2.20. The molecule has 120 valence electrons. The molecule has 0 spiro atoms. The monoisotopic (exact) mass is 312 g/mol. The number of rotatable bonds is 6. The zero-order valence-corrected chi connectivity index (χ0v) is 13.2. The number of hydrogen-bond acceptors (Lipinski definition) is 6. The number of aromatic nitrogens is 1. The van der Waals surface area contributed by atoms with Gasteiger partial charge in [-0.3, -0.25) is 4.98 Å². The summed E-state index contributed by atoms with van der Waals surface area (Å²) in [6.07, 6.45) is 3.32. The van der Waals surface area contributed by atoms with E-state index in [1.165, 1.54) is 0 Å². The van der Waals surface area contributed by atoms with Crippen molar-refractivity contribution in [2.24, 2.45) is 4.99 Å². The summed E-state index contributed by atoms with van der Waals surface area (Å²) >= 11 is 0.